The van der Waals surface area contributed by atoms with Crippen LogP contribution in [0.1, 0.15) is 12.0 Å². The number of benzene rings is 3. The quantitative estimate of drug-likeness (QED) is 0.481. The third-order valence-electron chi connectivity index (χ3n) is 5.36. The fourth-order valence-corrected chi connectivity index (χ4v) is 3.67. The molecular weight excluding hydrogens is 442 g/mol. The zero-order valence-corrected chi connectivity index (χ0v) is 18.8. The minimum atomic E-state index is -0.448. The van der Waals surface area contributed by atoms with Crippen molar-refractivity contribution in [1.82, 2.24) is 5.43 Å². The minimum absolute atomic E-state index is 0.0853. The number of nitrogens with one attached hydrogen (secondary N) is 2. The van der Waals surface area contributed by atoms with Gasteiger partial charge in [0, 0.05) is 29.7 Å². The third kappa shape index (κ3) is 5.75. The molecule has 1 aliphatic heterocycles. The summed E-state index contributed by atoms with van der Waals surface area (Å²) >= 11 is 5.91. The lowest BCUT2D eigenvalue weighted by molar-refractivity contribution is -0.125. The molecule has 0 unspecified atom stereocenters. The molecule has 33 heavy (non-hydrogen) atoms. The summed E-state index contributed by atoms with van der Waals surface area (Å²) in [6, 6.07) is 21.9. The largest absolute Gasteiger partial charge is 0.497 e. The highest BCUT2D eigenvalue weighted by Crippen LogP contribution is 2.27. The van der Waals surface area contributed by atoms with Gasteiger partial charge in [-0.25, -0.2) is 0 Å². The maximum atomic E-state index is 12.7. The van der Waals surface area contributed by atoms with Crippen LogP contribution in [0.4, 0.5) is 11.4 Å². The zero-order chi connectivity index (χ0) is 23.2. The van der Waals surface area contributed by atoms with Crippen LogP contribution < -0.4 is 25.2 Å². The zero-order valence-electron chi connectivity index (χ0n) is 18.1. The number of hydrogen-bond donors (Lipinski definition) is 2. The van der Waals surface area contributed by atoms with E-state index in [1.54, 1.807) is 30.2 Å². The Kier molecular flexibility index (Phi) is 7.00. The Bertz CT molecular complexity index is 1120. The van der Waals surface area contributed by atoms with E-state index in [9.17, 15) is 9.59 Å². The molecule has 1 atom stereocenters. The molecule has 0 bridgehead atoms. The maximum absolute atomic E-state index is 12.7. The Morgan fingerprint density at radius 1 is 1.06 bits per heavy atom. The number of methoxy groups -OCH3 is 1. The normalized spacial score (nSPS) is 15.3. The van der Waals surface area contributed by atoms with Gasteiger partial charge >= 0.3 is 0 Å². The first-order chi connectivity index (χ1) is 16.0. The van der Waals surface area contributed by atoms with E-state index in [1.807, 2.05) is 54.6 Å². The second-order valence-corrected chi connectivity index (χ2v) is 8.10. The number of rotatable bonds is 8. The highest BCUT2D eigenvalue weighted by Gasteiger charge is 2.35. The van der Waals surface area contributed by atoms with Crippen molar-refractivity contribution in [3.63, 3.8) is 0 Å². The fraction of sp³-hybridized carbons (Fsp3) is 0.200. The van der Waals surface area contributed by atoms with E-state index in [0.717, 1.165) is 11.3 Å². The first kappa shape index (κ1) is 22.5. The summed E-state index contributed by atoms with van der Waals surface area (Å²) < 4.78 is 11.0. The second-order valence-electron chi connectivity index (χ2n) is 7.66. The molecule has 1 heterocycles. The lowest BCUT2D eigenvalue weighted by atomic mass is 10.1. The van der Waals surface area contributed by atoms with Gasteiger partial charge in [-0.2, -0.15) is 0 Å². The Balaban J connectivity index is 1.30. The van der Waals surface area contributed by atoms with Crippen molar-refractivity contribution in [2.24, 2.45) is 5.92 Å². The molecule has 1 aliphatic rings. The number of nitrogens with zero attached hydrogens (tertiary/aromatic N) is 1. The fourth-order valence-electron chi connectivity index (χ4n) is 3.54. The molecule has 0 spiro atoms. The van der Waals surface area contributed by atoms with Crippen molar-refractivity contribution >= 4 is 34.8 Å². The molecule has 0 aliphatic carbocycles. The Labute approximate surface area is 197 Å². The summed E-state index contributed by atoms with van der Waals surface area (Å²) in [6.07, 6.45) is 0.157. The van der Waals surface area contributed by atoms with Crippen LogP contribution in [0.3, 0.4) is 0 Å². The van der Waals surface area contributed by atoms with Crippen LogP contribution in [0.2, 0.25) is 5.02 Å². The summed E-state index contributed by atoms with van der Waals surface area (Å²) in [5, 5.41) is 0.678. The molecule has 3 aromatic carbocycles. The molecule has 0 saturated carbocycles. The Hall–Kier alpha value is -3.71. The first-order valence-electron chi connectivity index (χ1n) is 10.5. The molecule has 0 aromatic heterocycles. The highest BCUT2D eigenvalue weighted by molar-refractivity contribution is 6.30. The number of halogens is 1. The van der Waals surface area contributed by atoms with Gasteiger partial charge in [0.2, 0.25) is 11.8 Å². The van der Waals surface area contributed by atoms with Gasteiger partial charge in [0.25, 0.3) is 0 Å². The maximum Gasteiger partial charge on any atom is 0.243 e. The SMILES string of the molecule is COc1ccc(N2C[C@H](C(=O)NNc3cccc(OCc4ccc(Cl)cc4)c3)CC2=O)cc1. The standard InChI is InChI=1S/C25H24ClN3O4/c1-32-22-11-9-21(10-12-22)29-15-18(13-24(29)30)25(31)28-27-20-3-2-4-23(14-20)33-16-17-5-7-19(26)8-6-17/h2-12,14,18,27H,13,15-16H2,1H3,(H,28,31)/t18-/m1/s1. The van der Waals surface area contributed by atoms with Gasteiger partial charge in [0.1, 0.15) is 18.1 Å². The van der Waals surface area contributed by atoms with Crippen LogP contribution in [-0.4, -0.2) is 25.5 Å². The topological polar surface area (TPSA) is 79.9 Å². The van der Waals surface area contributed by atoms with Gasteiger partial charge in [-0.3, -0.25) is 20.4 Å². The first-order valence-corrected chi connectivity index (χ1v) is 10.9. The molecule has 4 rings (SSSR count). The monoisotopic (exact) mass is 465 g/mol. The van der Waals surface area contributed by atoms with Crippen LogP contribution in [-0.2, 0) is 16.2 Å². The molecule has 3 aromatic rings. The molecule has 7 nitrogen and oxygen atoms in total. The van der Waals surface area contributed by atoms with Crippen LogP contribution in [0, 0.1) is 5.92 Å². The number of hydrogen-bond acceptors (Lipinski definition) is 5. The Morgan fingerprint density at radius 3 is 2.55 bits per heavy atom. The minimum Gasteiger partial charge on any atom is -0.497 e. The van der Waals surface area contributed by atoms with Crippen molar-refractivity contribution in [3.05, 3.63) is 83.4 Å². The van der Waals surface area contributed by atoms with Gasteiger partial charge in [0.15, 0.2) is 0 Å². The van der Waals surface area contributed by atoms with Crippen LogP contribution in [0.25, 0.3) is 0 Å². The third-order valence-corrected chi connectivity index (χ3v) is 5.61. The summed E-state index contributed by atoms with van der Waals surface area (Å²) in [6.45, 7) is 0.723. The van der Waals surface area contributed by atoms with E-state index in [-0.39, 0.29) is 18.2 Å². The predicted octanol–water partition coefficient (Wildman–Crippen LogP) is 4.42. The Morgan fingerprint density at radius 2 is 1.82 bits per heavy atom. The van der Waals surface area contributed by atoms with Gasteiger partial charge in [-0.15, -0.1) is 0 Å². The van der Waals surface area contributed by atoms with E-state index in [2.05, 4.69) is 10.9 Å². The molecule has 170 valence electrons. The summed E-state index contributed by atoms with van der Waals surface area (Å²) in [4.78, 5) is 26.7. The molecule has 0 radical (unpaired) electrons. The van der Waals surface area contributed by atoms with Gasteiger partial charge in [-0.1, -0.05) is 29.8 Å². The molecule has 1 fully saturated rings. The molecule has 8 heteroatoms. The number of hydrazine groups is 1. The average Bonchev–Trinajstić information content (AvgIpc) is 3.24. The summed E-state index contributed by atoms with van der Waals surface area (Å²) in [5.41, 5.74) is 8.03. The molecule has 2 amide bonds. The van der Waals surface area contributed by atoms with Crippen molar-refractivity contribution in [2.75, 3.05) is 24.0 Å². The van der Waals surface area contributed by atoms with Crippen molar-refractivity contribution in [3.8, 4) is 11.5 Å². The summed E-state index contributed by atoms with van der Waals surface area (Å²) in [5.74, 6) is 0.593. The number of ether oxygens (including phenoxy) is 2. The molecular formula is C25H24ClN3O4. The van der Waals surface area contributed by atoms with Crippen LogP contribution >= 0.6 is 11.6 Å². The van der Waals surface area contributed by atoms with E-state index in [4.69, 9.17) is 21.1 Å². The average molecular weight is 466 g/mol. The number of carbonyl (C=O) groups excluding carboxylic acids is 2. The van der Waals surface area contributed by atoms with Crippen molar-refractivity contribution in [2.45, 2.75) is 13.0 Å². The van der Waals surface area contributed by atoms with Gasteiger partial charge in [0.05, 0.1) is 18.7 Å². The number of amides is 2. The second kappa shape index (κ2) is 10.3. The van der Waals surface area contributed by atoms with Crippen molar-refractivity contribution in [1.29, 1.82) is 0 Å². The van der Waals surface area contributed by atoms with E-state index in [1.165, 1.54) is 0 Å². The van der Waals surface area contributed by atoms with E-state index >= 15 is 0 Å². The van der Waals surface area contributed by atoms with Crippen molar-refractivity contribution < 1.29 is 19.1 Å². The summed E-state index contributed by atoms with van der Waals surface area (Å²) in [7, 11) is 1.59. The van der Waals surface area contributed by atoms with Gasteiger partial charge in [-0.05, 0) is 54.1 Å². The highest BCUT2D eigenvalue weighted by atomic mass is 35.5. The van der Waals surface area contributed by atoms with Crippen LogP contribution in [0.15, 0.2) is 72.8 Å². The van der Waals surface area contributed by atoms with Gasteiger partial charge < -0.3 is 14.4 Å². The molecule has 2 N–H and O–H groups in total. The van der Waals surface area contributed by atoms with E-state index in [0.29, 0.717) is 35.4 Å². The number of carbonyl (C=O) groups is 2. The van der Waals surface area contributed by atoms with Crippen LogP contribution in [0.5, 0.6) is 11.5 Å². The smallest absolute Gasteiger partial charge is 0.243 e. The lowest BCUT2D eigenvalue weighted by Crippen LogP contribution is -2.36. The number of anilines is 2. The molecule has 1 saturated heterocycles. The lowest BCUT2D eigenvalue weighted by Gasteiger charge is -2.17. The van der Waals surface area contributed by atoms with E-state index < -0.39 is 5.92 Å². The predicted molar refractivity (Wildman–Crippen MR) is 127 cm³/mol.